The molecule has 1 aromatic rings. The Morgan fingerprint density at radius 2 is 2.00 bits per heavy atom. The van der Waals surface area contributed by atoms with Crippen molar-refractivity contribution in [3.63, 3.8) is 0 Å². The maximum Gasteiger partial charge on any atom is 0.314 e. The molecule has 1 fully saturated rings. The molecule has 0 aromatic heterocycles. The van der Waals surface area contributed by atoms with Gasteiger partial charge in [-0.05, 0) is 24.8 Å². The van der Waals surface area contributed by atoms with Crippen molar-refractivity contribution in [1.82, 2.24) is 10.2 Å². The molecule has 110 valence electrons. The fourth-order valence-electron chi connectivity index (χ4n) is 2.67. The van der Waals surface area contributed by atoms with Gasteiger partial charge in [0.2, 0.25) is 0 Å². The first-order valence-electron chi connectivity index (χ1n) is 7.14. The van der Waals surface area contributed by atoms with Gasteiger partial charge >= 0.3 is 6.03 Å². The van der Waals surface area contributed by atoms with Crippen LogP contribution in [0.15, 0.2) is 30.3 Å². The molecule has 4 N–H and O–H groups in total. The first-order chi connectivity index (χ1) is 9.69. The Balaban J connectivity index is 1.81. The lowest BCUT2D eigenvalue weighted by Gasteiger charge is -2.33. The minimum Gasteiger partial charge on any atom is -0.395 e. The maximum absolute atomic E-state index is 11.1. The number of rotatable bonds is 5. The van der Waals surface area contributed by atoms with Gasteiger partial charge in [-0.15, -0.1) is 0 Å². The quantitative estimate of drug-likeness (QED) is 0.742. The van der Waals surface area contributed by atoms with Gasteiger partial charge in [-0.1, -0.05) is 30.3 Å². The average molecular weight is 277 g/mol. The summed E-state index contributed by atoms with van der Waals surface area (Å²) < 4.78 is 0. The molecule has 2 amide bonds. The second-order valence-corrected chi connectivity index (χ2v) is 5.34. The highest BCUT2D eigenvalue weighted by Crippen LogP contribution is 2.12. The lowest BCUT2D eigenvalue weighted by molar-refractivity contribution is 0.172. The van der Waals surface area contributed by atoms with Gasteiger partial charge in [0, 0.05) is 25.2 Å². The van der Waals surface area contributed by atoms with Crippen molar-refractivity contribution >= 4 is 6.03 Å². The summed E-state index contributed by atoms with van der Waals surface area (Å²) in [5.41, 5.74) is 6.49. The third-order valence-corrected chi connectivity index (χ3v) is 3.82. The van der Waals surface area contributed by atoms with Crippen molar-refractivity contribution in [2.24, 2.45) is 5.73 Å². The van der Waals surface area contributed by atoms with E-state index < -0.39 is 0 Å². The minimum absolute atomic E-state index is 0.0579. The zero-order chi connectivity index (χ0) is 14.4. The van der Waals surface area contributed by atoms with Crippen LogP contribution in [-0.2, 0) is 6.42 Å². The third-order valence-electron chi connectivity index (χ3n) is 3.82. The first-order valence-corrected chi connectivity index (χ1v) is 7.14. The van der Waals surface area contributed by atoms with Crippen molar-refractivity contribution in [3.05, 3.63) is 35.9 Å². The van der Waals surface area contributed by atoms with Gasteiger partial charge in [0.25, 0.3) is 0 Å². The van der Waals surface area contributed by atoms with E-state index in [2.05, 4.69) is 17.4 Å². The Morgan fingerprint density at radius 1 is 1.35 bits per heavy atom. The largest absolute Gasteiger partial charge is 0.395 e. The number of nitrogens with zero attached hydrogens (tertiary/aromatic N) is 1. The molecule has 0 radical (unpaired) electrons. The number of carbonyl (C=O) groups is 1. The second kappa shape index (κ2) is 7.26. The van der Waals surface area contributed by atoms with Gasteiger partial charge in [0.1, 0.15) is 0 Å². The number of nitrogens with one attached hydrogen (secondary N) is 1. The van der Waals surface area contributed by atoms with Crippen LogP contribution in [-0.4, -0.2) is 47.8 Å². The molecule has 0 aliphatic carbocycles. The predicted molar refractivity (Wildman–Crippen MR) is 78.3 cm³/mol. The molecule has 1 atom stereocenters. The number of hydrogen-bond acceptors (Lipinski definition) is 3. The van der Waals surface area contributed by atoms with Crippen molar-refractivity contribution in [3.8, 4) is 0 Å². The van der Waals surface area contributed by atoms with E-state index in [1.54, 1.807) is 4.90 Å². The van der Waals surface area contributed by atoms with Crippen LogP contribution in [0.4, 0.5) is 4.79 Å². The molecule has 1 aliphatic rings. The third kappa shape index (κ3) is 4.21. The molecule has 1 aliphatic heterocycles. The van der Waals surface area contributed by atoms with Gasteiger partial charge in [-0.2, -0.15) is 0 Å². The Morgan fingerprint density at radius 3 is 2.55 bits per heavy atom. The topological polar surface area (TPSA) is 78.6 Å². The van der Waals surface area contributed by atoms with Crippen LogP contribution in [0.5, 0.6) is 0 Å². The van der Waals surface area contributed by atoms with Crippen molar-refractivity contribution in [1.29, 1.82) is 0 Å². The molecular weight excluding hydrogens is 254 g/mol. The van der Waals surface area contributed by atoms with Gasteiger partial charge < -0.3 is 21.1 Å². The predicted octanol–water partition coefficient (Wildman–Crippen LogP) is 0.723. The summed E-state index contributed by atoms with van der Waals surface area (Å²) in [4.78, 5) is 12.7. The normalized spacial score (nSPS) is 17.9. The zero-order valence-corrected chi connectivity index (χ0v) is 11.7. The Kier molecular flexibility index (Phi) is 5.38. The van der Waals surface area contributed by atoms with Crippen molar-refractivity contribution in [2.75, 3.05) is 19.7 Å². The van der Waals surface area contributed by atoms with E-state index >= 15 is 0 Å². The van der Waals surface area contributed by atoms with Gasteiger partial charge in [-0.25, -0.2) is 4.79 Å². The monoisotopic (exact) mass is 277 g/mol. The Labute approximate surface area is 119 Å². The Bertz CT molecular complexity index is 416. The molecule has 1 unspecified atom stereocenters. The fourth-order valence-corrected chi connectivity index (χ4v) is 2.67. The van der Waals surface area contributed by atoms with Crippen molar-refractivity contribution < 1.29 is 9.90 Å². The van der Waals surface area contributed by atoms with E-state index in [-0.39, 0.29) is 18.7 Å². The maximum atomic E-state index is 11.1. The van der Waals surface area contributed by atoms with E-state index in [0.717, 1.165) is 19.3 Å². The highest BCUT2D eigenvalue weighted by molar-refractivity contribution is 5.72. The number of piperidine rings is 1. The fraction of sp³-hybridized carbons (Fsp3) is 0.533. The molecule has 0 saturated carbocycles. The van der Waals surface area contributed by atoms with Gasteiger partial charge in [-0.3, -0.25) is 0 Å². The standard InChI is InChI=1S/C15H23N3O2/c16-15(20)18-8-6-13(7-9-18)17-14(11-19)10-12-4-2-1-3-5-12/h1-5,13-14,17,19H,6-11H2,(H2,16,20). The number of amides is 2. The summed E-state index contributed by atoms with van der Waals surface area (Å²) in [7, 11) is 0. The molecule has 1 aromatic carbocycles. The summed E-state index contributed by atoms with van der Waals surface area (Å²) >= 11 is 0. The number of benzene rings is 1. The number of urea groups is 1. The number of aliphatic hydroxyl groups excluding tert-OH is 1. The van der Waals surface area contributed by atoms with Crippen molar-refractivity contribution in [2.45, 2.75) is 31.3 Å². The highest BCUT2D eigenvalue weighted by atomic mass is 16.3. The SMILES string of the molecule is NC(=O)N1CCC(NC(CO)Cc2ccccc2)CC1. The van der Waals surface area contributed by atoms with E-state index in [1.165, 1.54) is 5.56 Å². The summed E-state index contributed by atoms with van der Waals surface area (Å²) in [5.74, 6) is 0. The number of likely N-dealkylation sites (tertiary alicyclic amines) is 1. The summed E-state index contributed by atoms with van der Waals surface area (Å²) in [6, 6.07) is 10.2. The number of hydrogen-bond donors (Lipinski definition) is 3. The van der Waals surface area contributed by atoms with Gasteiger partial charge in [0.15, 0.2) is 0 Å². The average Bonchev–Trinajstić information content (AvgIpc) is 2.48. The number of aliphatic hydroxyl groups is 1. The van der Waals surface area contributed by atoms with Crippen LogP contribution in [0.2, 0.25) is 0 Å². The summed E-state index contributed by atoms with van der Waals surface area (Å²) in [5, 5.41) is 13.0. The minimum atomic E-state index is -0.341. The van der Waals surface area contributed by atoms with Crippen LogP contribution in [0.3, 0.4) is 0 Å². The number of nitrogens with two attached hydrogens (primary N) is 1. The smallest absolute Gasteiger partial charge is 0.314 e. The molecule has 1 saturated heterocycles. The van der Waals surface area contributed by atoms with E-state index in [9.17, 15) is 9.90 Å². The van der Waals surface area contributed by atoms with Crippen LogP contribution in [0.25, 0.3) is 0 Å². The molecule has 0 spiro atoms. The van der Waals surface area contributed by atoms with Crippen LogP contribution in [0.1, 0.15) is 18.4 Å². The van der Waals surface area contributed by atoms with Crippen LogP contribution >= 0.6 is 0 Å². The number of carbonyl (C=O) groups excluding carboxylic acids is 1. The lowest BCUT2D eigenvalue weighted by Crippen LogP contribution is -2.50. The van der Waals surface area contributed by atoms with Crippen LogP contribution in [0, 0.1) is 0 Å². The van der Waals surface area contributed by atoms with E-state index in [0.29, 0.717) is 19.1 Å². The molecular formula is C15H23N3O2. The van der Waals surface area contributed by atoms with Crippen LogP contribution < -0.4 is 11.1 Å². The van der Waals surface area contributed by atoms with E-state index in [1.807, 2.05) is 18.2 Å². The molecule has 1 heterocycles. The molecule has 5 heteroatoms. The lowest BCUT2D eigenvalue weighted by atomic mass is 10.0. The van der Waals surface area contributed by atoms with Gasteiger partial charge in [0.05, 0.1) is 6.61 Å². The second-order valence-electron chi connectivity index (χ2n) is 5.34. The molecule has 20 heavy (non-hydrogen) atoms. The molecule has 2 rings (SSSR count). The number of primary amides is 1. The summed E-state index contributed by atoms with van der Waals surface area (Å²) in [6.07, 6.45) is 2.58. The molecule has 5 nitrogen and oxygen atoms in total. The van der Waals surface area contributed by atoms with E-state index in [4.69, 9.17) is 5.73 Å². The molecule has 0 bridgehead atoms. The highest BCUT2D eigenvalue weighted by Gasteiger charge is 2.23. The zero-order valence-electron chi connectivity index (χ0n) is 11.7. The summed E-state index contributed by atoms with van der Waals surface area (Å²) in [6.45, 7) is 1.50. The first kappa shape index (κ1) is 14.8. The Hall–Kier alpha value is -1.59.